The van der Waals surface area contributed by atoms with E-state index in [1.807, 2.05) is 0 Å². The quantitative estimate of drug-likeness (QED) is 0.666. The maximum Gasteiger partial charge on any atom is 0.246 e. The Bertz CT molecular complexity index is 430. The highest BCUT2D eigenvalue weighted by molar-refractivity contribution is 6.05. The van der Waals surface area contributed by atoms with E-state index < -0.39 is 0 Å². The summed E-state index contributed by atoms with van der Waals surface area (Å²) in [5, 5.41) is 3.29. The van der Waals surface area contributed by atoms with Gasteiger partial charge in [-0.1, -0.05) is 0 Å². The highest BCUT2D eigenvalue weighted by Crippen LogP contribution is 2.16. The van der Waals surface area contributed by atoms with Gasteiger partial charge < -0.3 is 10.2 Å². The summed E-state index contributed by atoms with van der Waals surface area (Å²) in [6, 6.07) is -0.133. The maximum atomic E-state index is 11.9. The number of imide groups is 1. The van der Waals surface area contributed by atoms with Crippen LogP contribution in [0.3, 0.4) is 0 Å². The summed E-state index contributed by atoms with van der Waals surface area (Å²) in [7, 11) is 5.05. The number of likely N-dealkylation sites (N-methyl/N-ethyl adjacent to an activating group) is 2. The summed E-state index contributed by atoms with van der Waals surface area (Å²) in [6.45, 7) is 2.12. The average Bonchev–Trinajstić information content (AvgIpc) is 2.68. The minimum Gasteiger partial charge on any atom is -0.348 e. The Hall–Kier alpha value is -1.47. The molecule has 118 valence electrons. The Morgan fingerprint density at radius 1 is 1.29 bits per heavy atom. The van der Waals surface area contributed by atoms with Gasteiger partial charge in [0, 0.05) is 40.3 Å². The van der Waals surface area contributed by atoms with Gasteiger partial charge in [0.05, 0.1) is 19.0 Å². The molecule has 1 N–H and O–H groups in total. The van der Waals surface area contributed by atoms with E-state index in [2.05, 4.69) is 10.2 Å². The van der Waals surface area contributed by atoms with E-state index in [9.17, 15) is 14.4 Å². The number of amides is 3. The van der Waals surface area contributed by atoms with Crippen molar-refractivity contribution in [3.05, 3.63) is 0 Å². The fourth-order valence-corrected chi connectivity index (χ4v) is 2.76. The minimum atomic E-state index is -0.373. The Balaban J connectivity index is 1.76. The lowest BCUT2D eigenvalue weighted by Gasteiger charge is -2.33. The molecule has 0 aromatic heterocycles. The van der Waals surface area contributed by atoms with E-state index in [4.69, 9.17) is 0 Å². The fraction of sp³-hybridized carbons (Fsp3) is 0.786. The van der Waals surface area contributed by atoms with Gasteiger partial charge in [0.1, 0.15) is 0 Å². The van der Waals surface area contributed by atoms with Crippen LogP contribution in [0.4, 0.5) is 0 Å². The standard InChI is InChI=1S/C14H24N4O3/c1-16(2)13(20)9-18-6-4-10(5-7-18)15-11-8-12(19)17(3)14(11)21/h10-11,15H,4-9H2,1-3H3. The molecule has 2 aliphatic rings. The molecule has 0 bridgehead atoms. The number of likely N-dealkylation sites (tertiary alicyclic amines) is 2. The van der Waals surface area contributed by atoms with Crippen molar-refractivity contribution >= 4 is 17.7 Å². The predicted molar refractivity (Wildman–Crippen MR) is 77.5 cm³/mol. The lowest BCUT2D eigenvalue weighted by atomic mass is 10.0. The van der Waals surface area contributed by atoms with Crippen LogP contribution in [-0.2, 0) is 14.4 Å². The fourth-order valence-electron chi connectivity index (χ4n) is 2.76. The molecule has 2 saturated heterocycles. The van der Waals surface area contributed by atoms with Crippen LogP contribution in [0.5, 0.6) is 0 Å². The molecule has 2 aliphatic heterocycles. The van der Waals surface area contributed by atoms with Crippen LogP contribution in [0.15, 0.2) is 0 Å². The third-order valence-electron chi connectivity index (χ3n) is 4.26. The van der Waals surface area contributed by atoms with Gasteiger partial charge in [-0.05, 0) is 12.8 Å². The van der Waals surface area contributed by atoms with Gasteiger partial charge in [-0.3, -0.25) is 24.2 Å². The van der Waals surface area contributed by atoms with Gasteiger partial charge in [0.15, 0.2) is 0 Å². The molecule has 0 aromatic carbocycles. The van der Waals surface area contributed by atoms with E-state index >= 15 is 0 Å². The Morgan fingerprint density at radius 2 is 1.90 bits per heavy atom. The zero-order valence-electron chi connectivity index (χ0n) is 13.0. The van der Waals surface area contributed by atoms with Gasteiger partial charge in [-0.25, -0.2) is 0 Å². The van der Waals surface area contributed by atoms with Crippen LogP contribution in [0.25, 0.3) is 0 Å². The van der Waals surface area contributed by atoms with E-state index in [1.165, 1.54) is 11.9 Å². The van der Waals surface area contributed by atoms with Crippen LogP contribution < -0.4 is 5.32 Å². The second kappa shape index (κ2) is 6.53. The number of hydrogen-bond acceptors (Lipinski definition) is 5. The maximum absolute atomic E-state index is 11.9. The molecule has 21 heavy (non-hydrogen) atoms. The normalized spacial score (nSPS) is 24.7. The first-order valence-electron chi connectivity index (χ1n) is 7.37. The third-order valence-corrected chi connectivity index (χ3v) is 4.26. The van der Waals surface area contributed by atoms with Crippen molar-refractivity contribution in [2.45, 2.75) is 31.3 Å². The van der Waals surface area contributed by atoms with Crippen molar-refractivity contribution in [2.75, 3.05) is 40.8 Å². The van der Waals surface area contributed by atoms with Crippen LogP contribution in [-0.4, -0.2) is 85.3 Å². The van der Waals surface area contributed by atoms with E-state index in [0.717, 1.165) is 25.9 Å². The number of nitrogens with one attached hydrogen (secondary N) is 1. The zero-order valence-corrected chi connectivity index (χ0v) is 13.0. The molecule has 0 aromatic rings. The Kier molecular flexibility index (Phi) is 4.95. The largest absolute Gasteiger partial charge is 0.348 e. The van der Waals surface area contributed by atoms with Gasteiger partial charge in [-0.2, -0.15) is 0 Å². The second-order valence-electron chi connectivity index (χ2n) is 6.05. The molecular formula is C14H24N4O3. The lowest BCUT2D eigenvalue weighted by Crippen LogP contribution is -2.49. The number of rotatable bonds is 4. The number of hydrogen-bond donors (Lipinski definition) is 1. The molecule has 2 fully saturated rings. The van der Waals surface area contributed by atoms with Crippen molar-refractivity contribution in [2.24, 2.45) is 0 Å². The molecule has 2 rings (SSSR count). The zero-order chi connectivity index (χ0) is 15.6. The summed E-state index contributed by atoms with van der Waals surface area (Å²) in [5.74, 6) is -0.142. The number of carbonyl (C=O) groups is 3. The second-order valence-corrected chi connectivity index (χ2v) is 6.05. The average molecular weight is 296 g/mol. The van der Waals surface area contributed by atoms with Gasteiger partial charge in [-0.15, -0.1) is 0 Å². The molecule has 0 spiro atoms. The number of nitrogens with zero attached hydrogens (tertiary/aromatic N) is 3. The first kappa shape index (κ1) is 15.9. The lowest BCUT2D eigenvalue weighted by molar-refractivity contribution is -0.137. The number of piperidine rings is 1. The van der Waals surface area contributed by atoms with Crippen molar-refractivity contribution in [3.8, 4) is 0 Å². The SMILES string of the molecule is CN(C)C(=O)CN1CCC(NC2CC(=O)N(C)C2=O)CC1. The van der Waals surface area contributed by atoms with Crippen LogP contribution >= 0.6 is 0 Å². The van der Waals surface area contributed by atoms with Crippen molar-refractivity contribution in [1.29, 1.82) is 0 Å². The first-order valence-corrected chi connectivity index (χ1v) is 7.37. The van der Waals surface area contributed by atoms with Crippen LogP contribution in [0, 0.1) is 0 Å². The van der Waals surface area contributed by atoms with Crippen molar-refractivity contribution < 1.29 is 14.4 Å². The highest BCUT2D eigenvalue weighted by Gasteiger charge is 2.37. The van der Waals surface area contributed by atoms with Gasteiger partial charge >= 0.3 is 0 Å². The van der Waals surface area contributed by atoms with Gasteiger partial charge in [0.25, 0.3) is 0 Å². The van der Waals surface area contributed by atoms with Crippen molar-refractivity contribution in [3.63, 3.8) is 0 Å². The predicted octanol–water partition coefficient (Wildman–Crippen LogP) is -1.11. The molecule has 0 radical (unpaired) electrons. The van der Waals surface area contributed by atoms with E-state index in [0.29, 0.717) is 6.54 Å². The van der Waals surface area contributed by atoms with Crippen molar-refractivity contribution in [1.82, 2.24) is 20.0 Å². The summed E-state index contributed by atoms with van der Waals surface area (Å²) in [5.41, 5.74) is 0. The molecular weight excluding hydrogens is 272 g/mol. The Labute approximate surface area is 125 Å². The molecule has 1 atom stereocenters. The molecule has 1 unspecified atom stereocenters. The van der Waals surface area contributed by atoms with Crippen LogP contribution in [0.1, 0.15) is 19.3 Å². The third kappa shape index (κ3) is 3.79. The topological polar surface area (TPSA) is 73.0 Å². The minimum absolute atomic E-state index is 0.111. The molecule has 0 saturated carbocycles. The molecule has 0 aliphatic carbocycles. The molecule has 7 heteroatoms. The summed E-state index contributed by atoms with van der Waals surface area (Å²) >= 11 is 0. The molecule has 3 amide bonds. The first-order chi connectivity index (χ1) is 9.88. The Morgan fingerprint density at radius 3 is 2.38 bits per heavy atom. The number of carbonyl (C=O) groups excluding carboxylic acids is 3. The van der Waals surface area contributed by atoms with E-state index in [-0.39, 0.29) is 36.2 Å². The molecule has 7 nitrogen and oxygen atoms in total. The van der Waals surface area contributed by atoms with Crippen LogP contribution in [0.2, 0.25) is 0 Å². The summed E-state index contributed by atoms with van der Waals surface area (Å²) < 4.78 is 0. The summed E-state index contributed by atoms with van der Waals surface area (Å²) in [4.78, 5) is 39.9. The van der Waals surface area contributed by atoms with Gasteiger partial charge in [0.2, 0.25) is 17.7 Å². The highest BCUT2D eigenvalue weighted by atomic mass is 16.2. The monoisotopic (exact) mass is 296 g/mol. The molecule has 2 heterocycles. The van der Waals surface area contributed by atoms with E-state index in [1.54, 1.807) is 19.0 Å². The summed E-state index contributed by atoms with van der Waals surface area (Å²) in [6.07, 6.45) is 2.04. The smallest absolute Gasteiger partial charge is 0.246 e.